The van der Waals surface area contributed by atoms with E-state index in [9.17, 15) is 4.79 Å². The maximum Gasteiger partial charge on any atom is 0.227 e. The Hall–Kier alpha value is -2.50. The second-order valence-electron chi connectivity index (χ2n) is 6.65. The largest absolute Gasteiger partial charge is 0.359 e. The molecule has 25 heavy (non-hydrogen) atoms. The number of rotatable bonds is 6. The molecule has 3 heterocycles. The molecule has 0 saturated carbocycles. The van der Waals surface area contributed by atoms with Gasteiger partial charge in [-0.1, -0.05) is 6.07 Å². The maximum atomic E-state index is 12.7. The molecule has 3 rings (SSSR count). The number of pyridine rings is 1. The number of hydrogen-bond donors (Lipinski definition) is 1. The van der Waals surface area contributed by atoms with Gasteiger partial charge < -0.3 is 10.2 Å². The van der Waals surface area contributed by atoms with Gasteiger partial charge >= 0.3 is 0 Å². The normalized spacial score (nSPS) is 20.3. The molecule has 0 bridgehead atoms. The first-order valence-electron chi connectivity index (χ1n) is 8.87. The molecular weight excluding hydrogens is 314 g/mol. The van der Waals surface area contributed by atoms with Crippen molar-refractivity contribution >= 4 is 11.9 Å². The molecule has 0 spiro atoms. The third-order valence-electron chi connectivity index (χ3n) is 4.96. The fraction of sp³-hybridized carbons (Fsp3) is 0.474. The lowest BCUT2D eigenvalue weighted by Gasteiger charge is -2.41. The molecule has 2 aromatic rings. The Bertz CT molecular complexity index is 679. The average Bonchev–Trinajstić information content (AvgIpc) is 2.69. The second-order valence-corrected chi connectivity index (χ2v) is 6.65. The van der Waals surface area contributed by atoms with Crippen molar-refractivity contribution in [1.82, 2.24) is 20.3 Å². The van der Waals surface area contributed by atoms with Crippen LogP contribution in [0.3, 0.4) is 0 Å². The summed E-state index contributed by atoms with van der Waals surface area (Å²) in [7, 11) is 1.73. The van der Waals surface area contributed by atoms with E-state index >= 15 is 0 Å². The molecule has 1 unspecified atom stereocenters. The minimum absolute atomic E-state index is 0.124. The smallest absolute Gasteiger partial charge is 0.227 e. The van der Waals surface area contributed by atoms with E-state index in [0.29, 0.717) is 12.5 Å². The molecule has 1 aliphatic heterocycles. The zero-order chi connectivity index (χ0) is 17.5. The topological polar surface area (TPSA) is 71.0 Å². The molecule has 1 amide bonds. The Balaban J connectivity index is 1.70. The summed E-state index contributed by atoms with van der Waals surface area (Å²) in [6.07, 6.45) is 11.8. The van der Waals surface area contributed by atoms with Crippen LogP contribution in [0.1, 0.15) is 31.2 Å². The highest BCUT2D eigenvalue weighted by Gasteiger charge is 2.41. The van der Waals surface area contributed by atoms with Crippen LogP contribution in [-0.4, -0.2) is 41.0 Å². The number of carbonyl (C=O) groups excluding carboxylic acids is 1. The number of aryl methyl sites for hydroxylation is 1. The highest BCUT2D eigenvalue weighted by Crippen LogP contribution is 2.36. The van der Waals surface area contributed by atoms with Gasteiger partial charge in [0.25, 0.3) is 0 Å². The maximum absolute atomic E-state index is 12.7. The van der Waals surface area contributed by atoms with Crippen LogP contribution in [0.2, 0.25) is 0 Å². The molecular formula is C19H25N5O. The first-order chi connectivity index (χ1) is 12.2. The fourth-order valence-corrected chi connectivity index (χ4v) is 3.70. The van der Waals surface area contributed by atoms with Crippen LogP contribution in [0.4, 0.5) is 5.95 Å². The van der Waals surface area contributed by atoms with Gasteiger partial charge in [0.1, 0.15) is 0 Å². The summed E-state index contributed by atoms with van der Waals surface area (Å²) < 4.78 is 0. The highest BCUT2D eigenvalue weighted by atomic mass is 16.2. The number of anilines is 1. The summed E-state index contributed by atoms with van der Waals surface area (Å²) in [5.74, 6) is 0.835. The van der Waals surface area contributed by atoms with Crippen LogP contribution in [0.15, 0.2) is 43.0 Å². The van der Waals surface area contributed by atoms with E-state index in [1.54, 1.807) is 25.6 Å². The molecule has 1 N–H and O–H groups in total. The minimum Gasteiger partial charge on any atom is -0.359 e. The molecule has 6 heteroatoms. The van der Waals surface area contributed by atoms with Gasteiger partial charge in [-0.25, -0.2) is 9.97 Å². The van der Waals surface area contributed by atoms with Crippen LogP contribution in [0.25, 0.3) is 0 Å². The second kappa shape index (κ2) is 8.05. The number of hydrogen-bond acceptors (Lipinski definition) is 5. The standard InChI is InChI=1S/C19H25N5O/c1-20-17(25)19(8-2-6-16-7-3-10-21-14-16)9-4-13-24(15-19)18-22-11-5-12-23-18/h3,5,7,10-12,14H,2,4,6,8-9,13,15H2,1H3,(H,20,25). The van der Waals surface area contributed by atoms with Crippen LogP contribution in [0.5, 0.6) is 0 Å². The first kappa shape index (κ1) is 17.3. The van der Waals surface area contributed by atoms with Gasteiger partial charge in [-0.05, 0) is 49.8 Å². The van der Waals surface area contributed by atoms with Gasteiger partial charge in [0.2, 0.25) is 11.9 Å². The van der Waals surface area contributed by atoms with Crippen LogP contribution in [0, 0.1) is 5.41 Å². The van der Waals surface area contributed by atoms with E-state index in [4.69, 9.17) is 0 Å². The SMILES string of the molecule is CNC(=O)C1(CCCc2cccnc2)CCCN(c2ncccn2)C1. The van der Waals surface area contributed by atoms with Gasteiger partial charge in [-0.15, -0.1) is 0 Å². The van der Waals surface area contributed by atoms with E-state index in [1.165, 1.54) is 5.56 Å². The third kappa shape index (κ3) is 4.13. The number of aromatic nitrogens is 3. The lowest BCUT2D eigenvalue weighted by Crippen LogP contribution is -2.52. The fourth-order valence-electron chi connectivity index (χ4n) is 3.70. The van der Waals surface area contributed by atoms with Gasteiger partial charge in [0, 0.05) is 44.9 Å². The van der Waals surface area contributed by atoms with Crippen molar-refractivity contribution in [3.05, 3.63) is 48.5 Å². The molecule has 6 nitrogen and oxygen atoms in total. The Labute approximate surface area is 148 Å². The Kier molecular flexibility index (Phi) is 5.58. The summed E-state index contributed by atoms with van der Waals surface area (Å²) in [6.45, 7) is 1.56. The zero-order valence-electron chi connectivity index (χ0n) is 14.7. The average molecular weight is 339 g/mol. The Morgan fingerprint density at radius 3 is 2.84 bits per heavy atom. The van der Waals surface area contributed by atoms with Crippen LogP contribution >= 0.6 is 0 Å². The van der Waals surface area contributed by atoms with Crippen molar-refractivity contribution in [2.24, 2.45) is 5.41 Å². The van der Waals surface area contributed by atoms with Gasteiger partial charge in [-0.2, -0.15) is 0 Å². The van der Waals surface area contributed by atoms with Crippen LogP contribution in [-0.2, 0) is 11.2 Å². The van der Waals surface area contributed by atoms with Gasteiger partial charge in [0.05, 0.1) is 5.41 Å². The molecule has 2 aromatic heterocycles. The quantitative estimate of drug-likeness (QED) is 0.874. The highest BCUT2D eigenvalue weighted by molar-refractivity contribution is 5.83. The van der Waals surface area contributed by atoms with Crippen molar-refractivity contribution < 1.29 is 4.79 Å². The first-order valence-corrected chi connectivity index (χ1v) is 8.87. The van der Waals surface area contributed by atoms with E-state index in [1.807, 2.05) is 18.3 Å². The summed E-state index contributed by atoms with van der Waals surface area (Å²) in [5, 5.41) is 2.88. The van der Waals surface area contributed by atoms with Crippen LogP contribution < -0.4 is 10.2 Å². The molecule has 1 atom stereocenters. The van der Waals surface area contributed by atoms with E-state index in [0.717, 1.165) is 38.6 Å². The summed E-state index contributed by atoms with van der Waals surface area (Å²) >= 11 is 0. The van der Waals surface area contributed by atoms with Crippen molar-refractivity contribution in [2.45, 2.75) is 32.1 Å². The molecule has 1 fully saturated rings. The monoisotopic (exact) mass is 339 g/mol. The number of piperidine rings is 1. The van der Waals surface area contributed by atoms with Gasteiger partial charge in [-0.3, -0.25) is 9.78 Å². The zero-order valence-corrected chi connectivity index (χ0v) is 14.7. The van der Waals surface area contributed by atoms with E-state index in [-0.39, 0.29) is 11.3 Å². The lowest BCUT2D eigenvalue weighted by atomic mass is 9.75. The van der Waals surface area contributed by atoms with Gasteiger partial charge in [0.15, 0.2) is 0 Å². The minimum atomic E-state index is -0.381. The van der Waals surface area contributed by atoms with E-state index in [2.05, 4.69) is 31.2 Å². The molecule has 0 aromatic carbocycles. The number of carbonyl (C=O) groups is 1. The Morgan fingerprint density at radius 1 is 1.28 bits per heavy atom. The molecule has 132 valence electrons. The van der Waals surface area contributed by atoms with E-state index < -0.39 is 0 Å². The molecule has 1 saturated heterocycles. The molecule has 1 aliphatic rings. The predicted molar refractivity (Wildman–Crippen MR) is 97.2 cm³/mol. The predicted octanol–water partition coefficient (Wildman–Crippen LogP) is 2.23. The third-order valence-corrected chi connectivity index (χ3v) is 4.96. The van der Waals surface area contributed by atoms with Crippen molar-refractivity contribution in [3.8, 4) is 0 Å². The molecule has 0 aliphatic carbocycles. The lowest BCUT2D eigenvalue weighted by molar-refractivity contribution is -0.131. The summed E-state index contributed by atoms with van der Waals surface area (Å²) in [4.78, 5) is 27.7. The summed E-state index contributed by atoms with van der Waals surface area (Å²) in [5.41, 5.74) is 0.836. The van der Waals surface area contributed by atoms with Crippen molar-refractivity contribution in [1.29, 1.82) is 0 Å². The summed E-state index contributed by atoms with van der Waals surface area (Å²) in [6, 6.07) is 5.86. The van der Waals surface area contributed by atoms with Crippen molar-refractivity contribution in [3.63, 3.8) is 0 Å². The Morgan fingerprint density at radius 2 is 2.12 bits per heavy atom. The van der Waals surface area contributed by atoms with Crippen molar-refractivity contribution in [2.75, 3.05) is 25.0 Å². The number of nitrogens with zero attached hydrogens (tertiary/aromatic N) is 4. The number of nitrogens with one attached hydrogen (secondary N) is 1. The number of amides is 1. The molecule has 0 radical (unpaired) electrons.